The number of nitrogens with one attached hydrogen (secondary N) is 1. The molecular formula is C13H14N2O2. The molecule has 0 atom stereocenters. The van der Waals surface area contributed by atoms with Crippen molar-refractivity contribution in [3.05, 3.63) is 56.2 Å². The summed E-state index contributed by atoms with van der Waals surface area (Å²) < 4.78 is 1.05. The van der Waals surface area contributed by atoms with Gasteiger partial charge in [0.1, 0.15) is 0 Å². The Hall–Kier alpha value is -2.10. The molecule has 0 saturated carbocycles. The number of hydrogen-bond donors (Lipinski definition) is 1. The van der Waals surface area contributed by atoms with Crippen molar-refractivity contribution in [2.75, 3.05) is 0 Å². The van der Waals surface area contributed by atoms with Crippen LogP contribution in [-0.2, 0) is 7.05 Å². The summed E-state index contributed by atoms with van der Waals surface area (Å²) >= 11 is 0. The zero-order valence-corrected chi connectivity index (χ0v) is 10.1. The van der Waals surface area contributed by atoms with Crippen molar-refractivity contribution in [3.8, 4) is 11.3 Å². The largest absolute Gasteiger partial charge is 0.328 e. The molecule has 1 heterocycles. The van der Waals surface area contributed by atoms with Crippen LogP contribution in [0.2, 0.25) is 0 Å². The first kappa shape index (κ1) is 11.4. The highest BCUT2D eigenvalue weighted by Gasteiger charge is 2.04. The minimum atomic E-state index is -0.397. The van der Waals surface area contributed by atoms with Crippen molar-refractivity contribution in [2.45, 2.75) is 13.8 Å². The van der Waals surface area contributed by atoms with E-state index in [4.69, 9.17) is 0 Å². The highest BCUT2D eigenvalue weighted by molar-refractivity contribution is 5.60. The maximum Gasteiger partial charge on any atom is 0.328 e. The number of benzene rings is 1. The number of H-pyrrole nitrogens is 1. The van der Waals surface area contributed by atoms with Gasteiger partial charge >= 0.3 is 5.69 Å². The van der Waals surface area contributed by atoms with Crippen molar-refractivity contribution < 1.29 is 0 Å². The van der Waals surface area contributed by atoms with Crippen LogP contribution in [0.25, 0.3) is 11.3 Å². The normalized spacial score (nSPS) is 10.5. The monoisotopic (exact) mass is 230 g/mol. The summed E-state index contributed by atoms with van der Waals surface area (Å²) in [6.45, 7) is 3.96. The van der Waals surface area contributed by atoms with Crippen LogP contribution >= 0.6 is 0 Å². The molecule has 0 bridgehead atoms. The van der Waals surface area contributed by atoms with Gasteiger partial charge in [0.15, 0.2) is 0 Å². The minimum absolute atomic E-state index is 0.303. The fourth-order valence-corrected chi connectivity index (χ4v) is 1.84. The van der Waals surface area contributed by atoms with Gasteiger partial charge < -0.3 is 4.98 Å². The standard InChI is InChI=1S/C13H14N2O2/c1-8-4-9(2)6-10(5-8)11-7-12(16)15(3)13(17)14-11/h4-7H,1-3H3,(H,14,17). The predicted octanol–water partition coefficient (Wildman–Crippen LogP) is 1.36. The highest BCUT2D eigenvalue weighted by Crippen LogP contribution is 2.18. The van der Waals surface area contributed by atoms with Crippen molar-refractivity contribution in [1.29, 1.82) is 0 Å². The Morgan fingerprint density at radius 3 is 2.12 bits per heavy atom. The molecule has 0 radical (unpaired) electrons. The maximum atomic E-state index is 11.5. The summed E-state index contributed by atoms with van der Waals surface area (Å²) in [4.78, 5) is 25.8. The summed E-state index contributed by atoms with van der Waals surface area (Å²) in [7, 11) is 1.45. The summed E-state index contributed by atoms with van der Waals surface area (Å²) in [5, 5.41) is 0. The van der Waals surface area contributed by atoms with Gasteiger partial charge in [-0.3, -0.25) is 9.36 Å². The Kier molecular flexibility index (Phi) is 2.71. The number of aryl methyl sites for hydroxylation is 2. The van der Waals surface area contributed by atoms with Gasteiger partial charge in [-0.1, -0.05) is 17.2 Å². The van der Waals surface area contributed by atoms with Gasteiger partial charge in [-0.25, -0.2) is 4.79 Å². The Bertz CT molecular complexity index is 629. The number of hydrogen-bond acceptors (Lipinski definition) is 2. The Balaban J connectivity index is 2.69. The third-order valence-corrected chi connectivity index (χ3v) is 2.68. The van der Waals surface area contributed by atoms with Crippen LogP contribution in [0.1, 0.15) is 11.1 Å². The fourth-order valence-electron chi connectivity index (χ4n) is 1.84. The molecule has 0 saturated heterocycles. The van der Waals surface area contributed by atoms with E-state index in [2.05, 4.69) is 4.98 Å². The Labute approximate surface area is 98.6 Å². The van der Waals surface area contributed by atoms with Crippen molar-refractivity contribution in [2.24, 2.45) is 7.05 Å². The third-order valence-electron chi connectivity index (χ3n) is 2.68. The lowest BCUT2D eigenvalue weighted by Crippen LogP contribution is -2.32. The molecule has 2 aromatic rings. The molecule has 0 amide bonds. The molecule has 0 aliphatic carbocycles. The van der Waals surface area contributed by atoms with Crippen LogP contribution in [0.5, 0.6) is 0 Å². The molecule has 0 fully saturated rings. The molecule has 1 aromatic heterocycles. The number of nitrogens with zero attached hydrogens (tertiary/aromatic N) is 1. The minimum Gasteiger partial charge on any atom is -0.307 e. The first-order valence-electron chi connectivity index (χ1n) is 5.36. The third kappa shape index (κ3) is 2.20. The van der Waals surface area contributed by atoms with Gasteiger partial charge in [-0.2, -0.15) is 0 Å². The fraction of sp³-hybridized carbons (Fsp3) is 0.231. The summed E-state index contributed by atoms with van der Waals surface area (Å²) in [5.74, 6) is 0. The first-order valence-corrected chi connectivity index (χ1v) is 5.36. The van der Waals surface area contributed by atoms with Crippen molar-refractivity contribution in [3.63, 3.8) is 0 Å². The first-order chi connectivity index (χ1) is 7.97. The molecule has 0 aliphatic heterocycles. The molecule has 0 aliphatic rings. The number of aromatic amines is 1. The van der Waals surface area contributed by atoms with Crippen LogP contribution in [0.3, 0.4) is 0 Å². The summed E-state index contributed by atoms with van der Waals surface area (Å²) in [5.41, 5.74) is 2.92. The molecule has 0 spiro atoms. The number of aromatic nitrogens is 2. The molecule has 88 valence electrons. The molecule has 17 heavy (non-hydrogen) atoms. The molecule has 4 heteroatoms. The van der Waals surface area contributed by atoms with E-state index in [1.807, 2.05) is 32.0 Å². The zero-order chi connectivity index (χ0) is 12.6. The molecular weight excluding hydrogens is 216 g/mol. The van der Waals surface area contributed by atoms with E-state index in [-0.39, 0.29) is 5.56 Å². The van der Waals surface area contributed by atoms with E-state index in [1.165, 1.54) is 13.1 Å². The lowest BCUT2D eigenvalue weighted by molar-refractivity contribution is 0.778. The van der Waals surface area contributed by atoms with Gasteiger partial charge in [-0.15, -0.1) is 0 Å². The maximum absolute atomic E-state index is 11.5. The Morgan fingerprint density at radius 2 is 1.59 bits per heavy atom. The Morgan fingerprint density at radius 1 is 1.00 bits per heavy atom. The topological polar surface area (TPSA) is 54.9 Å². The van der Waals surface area contributed by atoms with E-state index < -0.39 is 5.69 Å². The van der Waals surface area contributed by atoms with Gasteiger partial charge in [-0.05, 0) is 31.5 Å². The van der Waals surface area contributed by atoms with Crippen molar-refractivity contribution >= 4 is 0 Å². The highest BCUT2D eigenvalue weighted by atomic mass is 16.2. The number of rotatable bonds is 1. The second-order valence-electron chi connectivity index (χ2n) is 4.26. The summed E-state index contributed by atoms with van der Waals surface area (Å²) in [6, 6.07) is 7.37. The molecule has 2 rings (SSSR count). The van der Waals surface area contributed by atoms with Crippen LogP contribution in [-0.4, -0.2) is 9.55 Å². The summed E-state index contributed by atoms with van der Waals surface area (Å²) in [6.07, 6.45) is 0. The molecule has 1 aromatic carbocycles. The van der Waals surface area contributed by atoms with Crippen molar-refractivity contribution in [1.82, 2.24) is 9.55 Å². The smallest absolute Gasteiger partial charge is 0.307 e. The SMILES string of the molecule is Cc1cc(C)cc(-c2cc(=O)n(C)c(=O)[nH]2)c1. The van der Waals surface area contributed by atoms with Gasteiger partial charge in [0, 0.05) is 13.1 Å². The second kappa shape index (κ2) is 4.05. The van der Waals surface area contributed by atoms with E-state index in [1.54, 1.807) is 0 Å². The average Bonchev–Trinajstić information content (AvgIpc) is 2.23. The van der Waals surface area contributed by atoms with Gasteiger partial charge in [0.05, 0.1) is 5.69 Å². The van der Waals surface area contributed by atoms with E-state index in [9.17, 15) is 9.59 Å². The molecule has 4 nitrogen and oxygen atoms in total. The second-order valence-corrected chi connectivity index (χ2v) is 4.26. The van der Waals surface area contributed by atoms with E-state index >= 15 is 0 Å². The lowest BCUT2D eigenvalue weighted by atomic mass is 10.1. The van der Waals surface area contributed by atoms with E-state index in [0.29, 0.717) is 5.69 Å². The van der Waals surface area contributed by atoms with Crippen LogP contribution < -0.4 is 11.2 Å². The zero-order valence-electron chi connectivity index (χ0n) is 10.1. The van der Waals surface area contributed by atoms with Crippen LogP contribution in [0, 0.1) is 13.8 Å². The average molecular weight is 230 g/mol. The molecule has 0 unspecified atom stereocenters. The molecule has 1 N–H and O–H groups in total. The van der Waals surface area contributed by atoms with Crippen LogP contribution in [0.15, 0.2) is 33.9 Å². The van der Waals surface area contributed by atoms with Gasteiger partial charge in [0.25, 0.3) is 5.56 Å². The van der Waals surface area contributed by atoms with E-state index in [0.717, 1.165) is 21.3 Å². The van der Waals surface area contributed by atoms with Gasteiger partial charge in [0.2, 0.25) is 0 Å². The lowest BCUT2D eigenvalue weighted by Gasteiger charge is -2.05. The van der Waals surface area contributed by atoms with Crippen LogP contribution in [0.4, 0.5) is 0 Å². The predicted molar refractivity (Wildman–Crippen MR) is 67.2 cm³/mol. The quantitative estimate of drug-likeness (QED) is 0.804.